The van der Waals surface area contributed by atoms with E-state index >= 15 is 0 Å². The number of benzene rings is 1. The number of H-pyrrole nitrogens is 1. The van der Waals surface area contributed by atoms with Gasteiger partial charge in [-0.15, -0.1) is 22.0 Å². The molecule has 1 heterocycles. The van der Waals surface area contributed by atoms with Crippen molar-refractivity contribution in [2.45, 2.75) is 11.3 Å². The summed E-state index contributed by atoms with van der Waals surface area (Å²) in [6, 6.07) is 6.05. The van der Waals surface area contributed by atoms with Gasteiger partial charge in [-0.3, -0.25) is 0 Å². The van der Waals surface area contributed by atoms with Crippen molar-refractivity contribution in [2.75, 3.05) is 13.4 Å². The second-order valence-electron chi connectivity index (χ2n) is 3.19. The molecule has 84 valence electrons. The Balaban J connectivity index is 2.22. The molecule has 2 aromatic rings. The first-order chi connectivity index (χ1) is 7.83. The van der Waals surface area contributed by atoms with E-state index in [0.717, 1.165) is 16.2 Å². The van der Waals surface area contributed by atoms with Gasteiger partial charge in [-0.05, 0) is 24.0 Å². The lowest BCUT2D eigenvalue weighted by atomic mass is 10.1. The predicted octanol–water partition coefficient (Wildman–Crippen LogP) is 1.52. The SMILES string of the molecule is COc1ccc(Cc2nn[nH]n2)cc1SC. The summed E-state index contributed by atoms with van der Waals surface area (Å²) in [5, 5.41) is 13.8. The van der Waals surface area contributed by atoms with Crippen LogP contribution in [0.25, 0.3) is 0 Å². The number of rotatable bonds is 4. The maximum Gasteiger partial charge on any atom is 0.178 e. The molecule has 2 rings (SSSR count). The van der Waals surface area contributed by atoms with Crippen molar-refractivity contribution in [1.82, 2.24) is 20.6 Å². The third-order valence-electron chi connectivity index (χ3n) is 2.20. The Hall–Kier alpha value is -1.56. The lowest BCUT2D eigenvalue weighted by molar-refractivity contribution is 0.404. The topological polar surface area (TPSA) is 63.7 Å². The van der Waals surface area contributed by atoms with Gasteiger partial charge in [-0.25, -0.2) is 0 Å². The number of thioether (sulfide) groups is 1. The van der Waals surface area contributed by atoms with Crippen molar-refractivity contribution < 1.29 is 4.74 Å². The number of methoxy groups -OCH3 is 1. The summed E-state index contributed by atoms with van der Waals surface area (Å²) in [7, 11) is 1.67. The van der Waals surface area contributed by atoms with Crippen LogP contribution in [-0.2, 0) is 6.42 Å². The fourth-order valence-electron chi connectivity index (χ4n) is 1.43. The van der Waals surface area contributed by atoms with Crippen LogP contribution in [0, 0.1) is 0 Å². The van der Waals surface area contributed by atoms with Crippen LogP contribution in [0.15, 0.2) is 23.1 Å². The Bertz CT molecular complexity index is 458. The van der Waals surface area contributed by atoms with Crippen LogP contribution in [0.4, 0.5) is 0 Å². The van der Waals surface area contributed by atoms with Crippen molar-refractivity contribution >= 4 is 11.8 Å². The molecule has 0 saturated heterocycles. The Labute approximate surface area is 97.6 Å². The summed E-state index contributed by atoms with van der Waals surface area (Å²) in [5.41, 5.74) is 1.14. The molecule has 0 aliphatic heterocycles. The van der Waals surface area contributed by atoms with Crippen LogP contribution < -0.4 is 4.74 Å². The van der Waals surface area contributed by atoms with E-state index in [1.807, 2.05) is 18.4 Å². The lowest BCUT2D eigenvalue weighted by Crippen LogP contribution is -1.93. The Morgan fingerprint density at radius 1 is 1.44 bits per heavy atom. The summed E-state index contributed by atoms with van der Waals surface area (Å²) in [5.74, 6) is 1.58. The Morgan fingerprint density at radius 3 is 2.94 bits per heavy atom. The zero-order valence-corrected chi connectivity index (χ0v) is 9.91. The highest BCUT2D eigenvalue weighted by Gasteiger charge is 2.05. The zero-order chi connectivity index (χ0) is 11.4. The summed E-state index contributed by atoms with van der Waals surface area (Å²) >= 11 is 1.66. The van der Waals surface area contributed by atoms with Crippen molar-refractivity contribution in [3.63, 3.8) is 0 Å². The van der Waals surface area contributed by atoms with E-state index in [9.17, 15) is 0 Å². The summed E-state index contributed by atoms with van der Waals surface area (Å²) in [6.07, 6.45) is 2.70. The fourth-order valence-corrected chi connectivity index (χ4v) is 2.05. The summed E-state index contributed by atoms with van der Waals surface area (Å²) in [6.45, 7) is 0. The van der Waals surface area contributed by atoms with E-state index in [1.165, 1.54) is 0 Å². The van der Waals surface area contributed by atoms with E-state index in [-0.39, 0.29) is 0 Å². The first-order valence-electron chi connectivity index (χ1n) is 4.76. The molecule has 1 aromatic carbocycles. The smallest absolute Gasteiger partial charge is 0.178 e. The molecule has 0 fully saturated rings. The number of hydrogen-bond acceptors (Lipinski definition) is 5. The van der Waals surface area contributed by atoms with Gasteiger partial charge in [0.15, 0.2) is 5.82 Å². The number of aromatic amines is 1. The number of hydrogen-bond donors (Lipinski definition) is 1. The van der Waals surface area contributed by atoms with Crippen molar-refractivity contribution in [3.8, 4) is 5.75 Å². The maximum absolute atomic E-state index is 5.26. The van der Waals surface area contributed by atoms with Crippen molar-refractivity contribution in [3.05, 3.63) is 29.6 Å². The van der Waals surface area contributed by atoms with Gasteiger partial charge in [0, 0.05) is 11.3 Å². The largest absolute Gasteiger partial charge is 0.496 e. The third kappa shape index (κ3) is 2.33. The van der Waals surface area contributed by atoms with E-state index in [0.29, 0.717) is 12.2 Å². The molecule has 0 aliphatic rings. The highest BCUT2D eigenvalue weighted by molar-refractivity contribution is 7.98. The van der Waals surface area contributed by atoms with Crippen LogP contribution in [0.5, 0.6) is 5.75 Å². The van der Waals surface area contributed by atoms with Crippen LogP contribution in [0.3, 0.4) is 0 Å². The second kappa shape index (κ2) is 4.98. The molecule has 0 amide bonds. The Morgan fingerprint density at radius 2 is 2.31 bits per heavy atom. The third-order valence-corrected chi connectivity index (χ3v) is 2.96. The van der Waals surface area contributed by atoms with Crippen LogP contribution >= 0.6 is 11.8 Å². The van der Waals surface area contributed by atoms with Gasteiger partial charge in [0.05, 0.1) is 7.11 Å². The average Bonchev–Trinajstić information content (AvgIpc) is 2.81. The van der Waals surface area contributed by atoms with E-state index in [2.05, 4.69) is 26.7 Å². The van der Waals surface area contributed by atoms with Gasteiger partial charge in [0.25, 0.3) is 0 Å². The van der Waals surface area contributed by atoms with Gasteiger partial charge >= 0.3 is 0 Å². The molecule has 0 aliphatic carbocycles. The average molecular weight is 236 g/mol. The van der Waals surface area contributed by atoms with Crippen LogP contribution in [0.1, 0.15) is 11.4 Å². The van der Waals surface area contributed by atoms with Crippen molar-refractivity contribution in [1.29, 1.82) is 0 Å². The highest BCUT2D eigenvalue weighted by Crippen LogP contribution is 2.28. The minimum Gasteiger partial charge on any atom is -0.496 e. The minimum atomic E-state index is 0.675. The molecule has 1 N–H and O–H groups in total. The van der Waals surface area contributed by atoms with Crippen LogP contribution in [-0.4, -0.2) is 34.0 Å². The van der Waals surface area contributed by atoms with E-state index in [1.54, 1.807) is 18.9 Å². The number of nitrogens with zero attached hydrogens (tertiary/aromatic N) is 3. The van der Waals surface area contributed by atoms with E-state index in [4.69, 9.17) is 4.74 Å². The highest BCUT2D eigenvalue weighted by atomic mass is 32.2. The normalized spacial score (nSPS) is 10.4. The number of tetrazole rings is 1. The molecule has 1 aromatic heterocycles. The molecule has 5 nitrogen and oxygen atoms in total. The molecule has 0 unspecified atom stereocenters. The van der Waals surface area contributed by atoms with Gasteiger partial charge in [-0.1, -0.05) is 11.3 Å². The van der Waals surface area contributed by atoms with Gasteiger partial charge in [0.1, 0.15) is 5.75 Å². The first kappa shape index (κ1) is 10.9. The maximum atomic E-state index is 5.26. The van der Waals surface area contributed by atoms with Crippen LogP contribution in [0.2, 0.25) is 0 Å². The molecule has 16 heavy (non-hydrogen) atoms. The molecule has 0 bridgehead atoms. The minimum absolute atomic E-state index is 0.675. The summed E-state index contributed by atoms with van der Waals surface area (Å²) < 4.78 is 5.26. The quantitative estimate of drug-likeness (QED) is 0.815. The Kier molecular flexibility index (Phi) is 3.40. The fraction of sp³-hybridized carbons (Fsp3) is 0.300. The van der Waals surface area contributed by atoms with Gasteiger partial charge in [-0.2, -0.15) is 5.21 Å². The molecule has 0 saturated carbocycles. The molecule has 0 atom stereocenters. The molecular formula is C10H12N4OS. The van der Waals surface area contributed by atoms with Crippen molar-refractivity contribution in [2.24, 2.45) is 0 Å². The zero-order valence-electron chi connectivity index (χ0n) is 9.10. The molecule has 0 spiro atoms. The standard InChI is InChI=1S/C10H12N4OS/c1-15-8-4-3-7(5-9(8)16-2)6-10-11-13-14-12-10/h3-5H,6H2,1-2H3,(H,11,12,13,14). The lowest BCUT2D eigenvalue weighted by Gasteiger charge is -2.07. The van der Waals surface area contributed by atoms with Gasteiger partial charge in [0.2, 0.25) is 0 Å². The molecule has 0 radical (unpaired) electrons. The van der Waals surface area contributed by atoms with E-state index < -0.39 is 0 Å². The molecular weight excluding hydrogens is 224 g/mol. The first-order valence-corrected chi connectivity index (χ1v) is 5.99. The number of aromatic nitrogens is 4. The number of nitrogens with one attached hydrogen (secondary N) is 1. The second-order valence-corrected chi connectivity index (χ2v) is 4.04. The molecule has 6 heteroatoms. The number of ether oxygens (including phenoxy) is 1. The summed E-state index contributed by atoms with van der Waals surface area (Å²) in [4.78, 5) is 1.11. The monoisotopic (exact) mass is 236 g/mol. The van der Waals surface area contributed by atoms with Gasteiger partial charge < -0.3 is 4.74 Å². The predicted molar refractivity (Wildman–Crippen MR) is 61.8 cm³/mol.